The Bertz CT molecular complexity index is 1890. The van der Waals surface area contributed by atoms with Gasteiger partial charge >= 0.3 is 0 Å². The van der Waals surface area contributed by atoms with Gasteiger partial charge in [-0.15, -0.1) is 0 Å². The van der Waals surface area contributed by atoms with Crippen LogP contribution in [0.4, 0.5) is 5.69 Å². The molecule has 0 fully saturated rings. The Hall–Kier alpha value is -4.57. The van der Waals surface area contributed by atoms with Crippen molar-refractivity contribution >= 4 is 32.3 Å². The SMILES string of the molecule is Cc1cccc(CS(=O)(=O)c2ccc3nccc(Oc4ccc(CC(=O)Nc5cnn(C(C)(C)C)c5)cc4C)c3c2)n1. The van der Waals surface area contributed by atoms with E-state index < -0.39 is 9.84 Å². The van der Waals surface area contributed by atoms with Crippen molar-refractivity contribution in [3.63, 3.8) is 0 Å². The average molecular weight is 584 g/mol. The van der Waals surface area contributed by atoms with E-state index in [4.69, 9.17) is 4.74 Å². The zero-order chi connectivity index (χ0) is 30.1. The van der Waals surface area contributed by atoms with E-state index in [1.807, 2.05) is 65.1 Å². The van der Waals surface area contributed by atoms with Crippen LogP contribution in [0.25, 0.3) is 10.9 Å². The maximum Gasteiger partial charge on any atom is 0.228 e. The van der Waals surface area contributed by atoms with Crippen LogP contribution in [-0.4, -0.2) is 34.1 Å². The first kappa shape index (κ1) is 28.9. The predicted octanol–water partition coefficient (Wildman–Crippen LogP) is 6.15. The molecule has 0 spiro atoms. The highest BCUT2D eigenvalue weighted by Gasteiger charge is 2.19. The lowest BCUT2D eigenvalue weighted by molar-refractivity contribution is -0.115. The summed E-state index contributed by atoms with van der Waals surface area (Å²) in [5.74, 6) is 0.723. The maximum absolute atomic E-state index is 13.2. The molecule has 216 valence electrons. The molecule has 0 unspecified atom stereocenters. The molecule has 1 amide bonds. The third-order valence-corrected chi connectivity index (χ3v) is 8.34. The summed E-state index contributed by atoms with van der Waals surface area (Å²) in [4.78, 5) is 21.6. The molecular weight excluding hydrogens is 550 g/mol. The molecule has 5 rings (SSSR count). The monoisotopic (exact) mass is 583 g/mol. The van der Waals surface area contributed by atoms with E-state index in [1.165, 1.54) is 0 Å². The van der Waals surface area contributed by atoms with Gasteiger partial charge in [0.15, 0.2) is 9.84 Å². The molecule has 0 atom stereocenters. The predicted molar refractivity (Wildman–Crippen MR) is 162 cm³/mol. The van der Waals surface area contributed by atoms with Crippen LogP contribution in [-0.2, 0) is 32.3 Å². The van der Waals surface area contributed by atoms with Crippen LogP contribution in [0, 0.1) is 13.8 Å². The Morgan fingerprint density at radius 2 is 1.81 bits per heavy atom. The Labute approximate surface area is 245 Å². The Morgan fingerprint density at radius 1 is 1.00 bits per heavy atom. The highest BCUT2D eigenvalue weighted by Crippen LogP contribution is 2.33. The number of aromatic nitrogens is 4. The molecule has 0 saturated heterocycles. The van der Waals surface area contributed by atoms with Gasteiger partial charge in [0.2, 0.25) is 5.91 Å². The van der Waals surface area contributed by atoms with E-state index in [1.54, 1.807) is 53.5 Å². The van der Waals surface area contributed by atoms with E-state index in [0.29, 0.717) is 33.8 Å². The molecule has 0 aliphatic carbocycles. The second kappa shape index (κ2) is 11.4. The number of sulfone groups is 1. The third kappa shape index (κ3) is 6.66. The van der Waals surface area contributed by atoms with Gasteiger partial charge in [0, 0.05) is 23.5 Å². The average Bonchev–Trinajstić information content (AvgIpc) is 3.39. The fourth-order valence-corrected chi connectivity index (χ4v) is 5.83. The fourth-order valence-electron chi connectivity index (χ4n) is 4.54. The zero-order valence-corrected chi connectivity index (χ0v) is 25.1. The number of hydrogen-bond acceptors (Lipinski definition) is 7. The van der Waals surface area contributed by atoms with E-state index in [0.717, 1.165) is 16.8 Å². The number of benzene rings is 2. The van der Waals surface area contributed by atoms with Crippen molar-refractivity contribution in [2.75, 3.05) is 5.32 Å². The number of fused-ring (bicyclic) bond motifs is 1. The maximum atomic E-state index is 13.2. The summed E-state index contributed by atoms with van der Waals surface area (Å²) in [6, 6.07) is 17.4. The van der Waals surface area contributed by atoms with Crippen LogP contribution in [0.15, 0.2) is 84.1 Å². The third-order valence-electron chi connectivity index (χ3n) is 6.69. The van der Waals surface area contributed by atoms with Crippen molar-refractivity contribution in [1.82, 2.24) is 19.7 Å². The molecule has 5 aromatic rings. The number of amides is 1. The minimum absolute atomic E-state index is 0.147. The Kier molecular flexibility index (Phi) is 7.83. The van der Waals surface area contributed by atoms with Gasteiger partial charge in [0.1, 0.15) is 11.5 Å². The second-order valence-corrected chi connectivity index (χ2v) is 13.3. The van der Waals surface area contributed by atoms with E-state index >= 15 is 0 Å². The molecule has 0 aliphatic rings. The molecule has 10 heteroatoms. The molecule has 2 aromatic carbocycles. The summed E-state index contributed by atoms with van der Waals surface area (Å²) in [6.07, 6.45) is 5.27. The fraction of sp³-hybridized carbons (Fsp3) is 0.250. The summed E-state index contributed by atoms with van der Waals surface area (Å²) >= 11 is 0. The number of nitrogens with zero attached hydrogens (tertiary/aromatic N) is 4. The standard InChI is InChI=1S/C32H33N5O4S/c1-21-15-23(16-31(38)36-25-18-34-37(19-25)32(3,4)5)9-12-29(21)41-30-13-14-33-28-11-10-26(17-27(28)30)42(39,40)20-24-8-6-7-22(2)35-24/h6-15,17-19H,16,20H2,1-5H3,(H,36,38). The lowest BCUT2D eigenvalue weighted by atomic mass is 10.1. The van der Waals surface area contributed by atoms with Gasteiger partial charge in [0.25, 0.3) is 0 Å². The molecule has 42 heavy (non-hydrogen) atoms. The minimum atomic E-state index is -3.65. The summed E-state index contributed by atoms with van der Waals surface area (Å²) < 4.78 is 34.5. The first-order valence-corrected chi connectivity index (χ1v) is 15.2. The topological polar surface area (TPSA) is 116 Å². The van der Waals surface area contributed by atoms with E-state index in [2.05, 4.69) is 20.4 Å². The molecule has 3 aromatic heterocycles. The number of aryl methyl sites for hydroxylation is 2. The Balaban J connectivity index is 1.33. The minimum Gasteiger partial charge on any atom is -0.456 e. The molecule has 1 N–H and O–H groups in total. The normalized spacial score (nSPS) is 11.9. The number of anilines is 1. The number of carbonyl (C=O) groups is 1. The first-order chi connectivity index (χ1) is 19.9. The zero-order valence-electron chi connectivity index (χ0n) is 24.2. The number of nitrogens with one attached hydrogen (secondary N) is 1. The lowest BCUT2D eigenvalue weighted by Crippen LogP contribution is -2.22. The Morgan fingerprint density at radius 3 is 2.52 bits per heavy atom. The van der Waals surface area contributed by atoms with Crippen molar-refractivity contribution in [2.24, 2.45) is 0 Å². The van der Waals surface area contributed by atoms with Gasteiger partial charge in [-0.2, -0.15) is 5.10 Å². The van der Waals surface area contributed by atoms with Gasteiger partial charge in [-0.1, -0.05) is 18.2 Å². The molecule has 0 saturated carbocycles. The van der Waals surface area contributed by atoms with Crippen LogP contribution in [0.5, 0.6) is 11.5 Å². The van der Waals surface area contributed by atoms with Gasteiger partial charge in [-0.3, -0.25) is 19.4 Å². The van der Waals surface area contributed by atoms with Crippen molar-refractivity contribution in [2.45, 2.75) is 57.2 Å². The number of rotatable bonds is 8. The number of carbonyl (C=O) groups excluding carboxylic acids is 1. The van der Waals surface area contributed by atoms with Crippen LogP contribution < -0.4 is 10.1 Å². The summed E-state index contributed by atoms with van der Waals surface area (Å²) in [5, 5.41) is 7.80. The first-order valence-electron chi connectivity index (χ1n) is 13.5. The second-order valence-electron chi connectivity index (χ2n) is 11.3. The molecular formula is C32H33N5O4S. The van der Waals surface area contributed by atoms with Crippen molar-refractivity contribution < 1.29 is 17.9 Å². The molecule has 0 radical (unpaired) electrons. The highest BCUT2D eigenvalue weighted by molar-refractivity contribution is 7.90. The summed E-state index contributed by atoms with van der Waals surface area (Å²) in [5.41, 5.74) is 4.00. The van der Waals surface area contributed by atoms with Crippen molar-refractivity contribution in [1.29, 1.82) is 0 Å². The van der Waals surface area contributed by atoms with E-state index in [9.17, 15) is 13.2 Å². The van der Waals surface area contributed by atoms with Crippen LogP contribution >= 0.6 is 0 Å². The van der Waals surface area contributed by atoms with Crippen LogP contribution in [0.2, 0.25) is 0 Å². The molecule has 9 nitrogen and oxygen atoms in total. The van der Waals surface area contributed by atoms with Crippen molar-refractivity contribution in [3.8, 4) is 11.5 Å². The summed E-state index contributed by atoms with van der Waals surface area (Å²) in [7, 11) is -3.65. The van der Waals surface area contributed by atoms with Gasteiger partial charge in [-0.25, -0.2) is 8.42 Å². The molecule has 3 heterocycles. The largest absolute Gasteiger partial charge is 0.456 e. The molecule has 0 aliphatic heterocycles. The highest BCUT2D eigenvalue weighted by atomic mass is 32.2. The smallest absolute Gasteiger partial charge is 0.228 e. The quantitative estimate of drug-likeness (QED) is 0.233. The van der Waals surface area contributed by atoms with Gasteiger partial charge in [0.05, 0.1) is 45.7 Å². The number of ether oxygens (including phenoxy) is 1. The van der Waals surface area contributed by atoms with Gasteiger partial charge < -0.3 is 10.1 Å². The number of hydrogen-bond donors (Lipinski definition) is 1. The molecule has 0 bridgehead atoms. The van der Waals surface area contributed by atoms with Crippen molar-refractivity contribution in [3.05, 3.63) is 102 Å². The van der Waals surface area contributed by atoms with Crippen LogP contribution in [0.1, 0.15) is 43.3 Å². The van der Waals surface area contributed by atoms with Gasteiger partial charge in [-0.05, 0) is 88.2 Å². The van der Waals surface area contributed by atoms with E-state index in [-0.39, 0.29) is 28.5 Å². The summed E-state index contributed by atoms with van der Waals surface area (Å²) in [6.45, 7) is 9.85. The lowest BCUT2D eigenvalue weighted by Gasteiger charge is -2.18. The van der Waals surface area contributed by atoms with Crippen LogP contribution in [0.3, 0.4) is 0 Å². The number of pyridine rings is 2.